The van der Waals surface area contributed by atoms with Crippen LogP contribution >= 0.6 is 0 Å². The fourth-order valence-corrected chi connectivity index (χ4v) is 4.04. The Kier molecular flexibility index (Phi) is 5.03. The predicted octanol–water partition coefficient (Wildman–Crippen LogP) is 2.28. The average Bonchev–Trinajstić information content (AvgIpc) is 3.18. The van der Waals surface area contributed by atoms with Gasteiger partial charge in [0.2, 0.25) is 0 Å². The van der Waals surface area contributed by atoms with Gasteiger partial charge in [0.05, 0.1) is 0 Å². The first-order valence-corrected chi connectivity index (χ1v) is 9.25. The van der Waals surface area contributed by atoms with Crippen LogP contribution in [0.3, 0.4) is 0 Å². The summed E-state index contributed by atoms with van der Waals surface area (Å²) in [5.74, 6) is -0.923. The number of amides is 2. The molecule has 2 fully saturated rings. The molecule has 0 unspecified atom stereocenters. The molecule has 0 aliphatic carbocycles. The van der Waals surface area contributed by atoms with Gasteiger partial charge in [-0.3, -0.25) is 9.59 Å². The first-order valence-electron chi connectivity index (χ1n) is 9.25. The molecule has 2 bridgehead atoms. The molecule has 6 nitrogen and oxygen atoms in total. The van der Waals surface area contributed by atoms with Crippen molar-refractivity contribution in [3.05, 3.63) is 35.9 Å². The number of hydrogen-bond acceptors (Lipinski definition) is 4. The van der Waals surface area contributed by atoms with Crippen LogP contribution in [0.1, 0.15) is 56.8 Å². The Balaban J connectivity index is 1.77. The normalized spacial score (nSPS) is 25.2. The summed E-state index contributed by atoms with van der Waals surface area (Å²) in [5.41, 5.74) is -0.367. The third-order valence-corrected chi connectivity index (χ3v) is 5.31. The van der Waals surface area contributed by atoms with Gasteiger partial charge in [-0.25, -0.2) is 4.79 Å². The molecule has 0 aromatic heterocycles. The van der Waals surface area contributed by atoms with Crippen LogP contribution in [-0.4, -0.2) is 46.4 Å². The second kappa shape index (κ2) is 7.09. The molecule has 0 radical (unpaired) electrons. The molecular formula is C20H26N2O4. The maximum absolute atomic E-state index is 13.0. The van der Waals surface area contributed by atoms with Crippen LogP contribution in [0.5, 0.6) is 0 Å². The quantitative estimate of drug-likeness (QED) is 0.820. The highest BCUT2D eigenvalue weighted by Gasteiger charge is 2.59. The van der Waals surface area contributed by atoms with Gasteiger partial charge < -0.3 is 15.0 Å². The summed E-state index contributed by atoms with van der Waals surface area (Å²) >= 11 is 0. The van der Waals surface area contributed by atoms with Crippen molar-refractivity contribution in [3.8, 4) is 0 Å². The number of rotatable bonds is 5. The van der Waals surface area contributed by atoms with E-state index in [-0.39, 0.29) is 23.9 Å². The van der Waals surface area contributed by atoms with E-state index in [2.05, 4.69) is 5.32 Å². The average molecular weight is 358 g/mol. The van der Waals surface area contributed by atoms with Crippen molar-refractivity contribution in [3.63, 3.8) is 0 Å². The largest absolute Gasteiger partial charge is 0.451 e. The first kappa shape index (κ1) is 18.4. The molecule has 26 heavy (non-hydrogen) atoms. The molecule has 2 amide bonds. The summed E-state index contributed by atoms with van der Waals surface area (Å²) in [6.07, 6.45) is 1.88. The highest BCUT2D eigenvalue weighted by Crippen LogP contribution is 2.48. The maximum Gasteiger partial charge on any atom is 0.332 e. The van der Waals surface area contributed by atoms with Crippen molar-refractivity contribution in [2.75, 3.05) is 0 Å². The zero-order valence-electron chi connectivity index (χ0n) is 15.5. The van der Waals surface area contributed by atoms with Gasteiger partial charge in [-0.2, -0.15) is 0 Å². The van der Waals surface area contributed by atoms with Crippen molar-refractivity contribution in [2.24, 2.45) is 0 Å². The monoisotopic (exact) mass is 358 g/mol. The van der Waals surface area contributed by atoms with E-state index in [4.69, 9.17) is 4.74 Å². The van der Waals surface area contributed by atoms with Crippen molar-refractivity contribution in [2.45, 2.75) is 70.2 Å². The van der Waals surface area contributed by atoms with E-state index in [0.717, 1.165) is 12.8 Å². The van der Waals surface area contributed by atoms with Crippen LogP contribution in [0.25, 0.3) is 0 Å². The fraction of sp³-hybridized carbons (Fsp3) is 0.550. The zero-order chi connectivity index (χ0) is 18.9. The standard InChI is InChI=1S/C20H26N2O4/c1-13(2)21-17(23)14(3)26-19(25)20-11-9-16(10-12-20)22(20)18(24)15-7-5-4-6-8-15/h4-8,13-14,16H,9-12H2,1-3H3,(H,21,23)/t14-,16?,20?/m0/s1. The molecule has 1 aromatic carbocycles. The minimum Gasteiger partial charge on any atom is -0.451 e. The lowest BCUT2D eigenvalue weighted by Gasteiger charge is -2.33. The highest BCUT2D eigenvalue weighted by molar-refractivity contribution is 5.99. The number of esters is 1. The molecule has 1 aromatic rings. The highest BCUT2D eigenvalue weighted by atomic mass is 16.6. The molecule has 2 aliphatic heterocycles. The van der Waals surface area contributed by atoms with Gasteiger partial charge >= 0.3 is 5.97 Å². The molecule has 2 aliphatic rings. The molecule has 3 rings (SSSR count). The zero-order valence-corrected chi connectivity index (χ0v) is 15.5. The predicted molar refractivity (Wildman–Crippen MR) is 96.4 cm³/mol. The Labute approximate surface area is 153 Å². The van der Waals surface area contributed by atoms with E-state index in [1.807, 2.05) is 32.0 Å². The molecule has 1 N–H and O–H groups in total. The summed E-state index contributed by atoms with van der Waals surface area (Å²) in [4.78, 5) is 39.8. The molecule has 2 heterocycles. The lowest BCUT2D eigenvalue weighted by Crippen LogP contribution is -2.53. The van der Waals surface area contributed by atoms with Crippen LogP contribution in [0.2, 0.25) is 0 Å². The van der Waals surface area contributed by atoms with E-state index >= 15 is 0 Å². The van der Waals surface area contributed by atoms with Gasteiger partial charge in [0.1, 0.15) is 5.54 Å². The van der Waals surface area contributed by atoms with Crippen LogP contribution < -0.4 is 5.32 Å². The Morgan fingerprint density at radius 1 is 1.12 bits per heavy atom. The summed E-state index contributed by atoms with van der Waals surface area (Å²) in [5, 5.41) is 2.74. The molecular weight excluding hydrogens is 332 g/mol. The van der Waals surface area contributed by atoms with E-state index in [0.29, 0.717) is 18.4 Å². The number of benzene rings is 1. The van der Waals surface area contributed by atoms with E-state index in [9.17, 15) is 14.4 Å². The molecule has 0 spiro atoms. The summed E-state index contributed by atoms with van der Waals surface area (Å²) in [6, 6.07) is 9.04. The van der Waals surface area contributed by atoms with Crippen LogP contribution in [0, 0.1) is 0 Å². The summed E-state index contributed by atoms with van der Waals surface area (Å²) in [7, 11) is 0. The number of carbonyl (C=O) groups excluding carboxylic acids is 3. The maximum atomic E-state index is 13.0. The number of fused-ring (bicyclic) bond motifs is 2. The number of carbonyl (C=O) groups is 3. The van der Waals surface area contributed by atoms with Crippen LogP contribution in [-0.2, 0) is 14.3 Å². The first-order chi connectivity index (χ1) is 12.3. The lowest BCUT2D eigenvalue weighted by molar-refractivity contribution is -0.163. The van der Waals surface area contributed by atoms with Crippen molar-refractivity contribution < 1.29 is 19.1 Å². The Hall–Kier alpha value is -2.37. The third kappa shape index (κ3) is 3.20. The summed E-state index contributed by atoms with van der Waals surface area (Å²) in [6.45, 7) is 5.27. The molecule has 6 heteroatoms. The van der Waals surface area contributed by atoms with E-state index < -0.39 is 17.6 Å². The van der Waals surface area contributed by atoms with Crippen LogP contribution in [0.15, 0.2) is 30.3 Å². The van der Waals surface area contributed by atoms with Gasteiger partial charge in [-0.15, -0.1) is 0 Å². The minimum absolute atomic E-state index is 0.0275. The molecule has 1 atom stereocenters. The number of nitrogens with one attached hydrogen (secondary N) is 1. The van der Waals surface area contributed by atoms with Gasteiger partial charge in [0.15, 0.2) is 6.10 Å². The third-order valence-electron chi connectivity index (χ3n) is 5.31. The van der Waals surface area contributed by atoms with Crippen molar-refractivity contribution in [1.29, 1.82) is 0 Å². The SMILES string of the molecule is CC(C)NC(=O)[C@H](C)OC(=O)C12CCC(CC1)N2C(=O)c1ccccc1. The van der Waals surface area contributed by atoms with Crippen LogP contribution in [0.4, 0.5) is 0 Å². The second-order valence-electron chi connectivity index (χ2n) is 7.51. The van der Waals surface area contributed by atoms with Gasteiger partial charge in [-0.1, -0.05) is 18.2 Å². The number of nitrogens with zero attached hydrogens (tertiary/aromatic N) is 1. The van der Waals surface area contributed by atoms with Gasteiger partial charge in [0.25, 0.3) is 11.8 Å². The Morgan fingerprint density at radius 2 is 1.73 bits per heavy atom. The summed E-state index contributed by atoms with van der Waals surface area (Å²) < 4.78 is 5.49. The molecule has 2 saturated heterocycles. The lowest BCUT2D eigenvalue weighted by atomic mass is 9.87. The Bertz CT molecular complexity index is 693. The van der Waals surface area contributed by atoms with Gasteiger partial charge in [-0.05, 0) is 58.6 Å². The van der Waals surface area contributed by atoms with Crippen molar-refractivity contribution >= 4 is 17.8 Å². The number of hydrogen-bond donors (Lipinski definition) is 1. The number of ether oxygens (including phenoxy) is 1. The molecule has 0 saturated carbocycles. The topological polar surface area (TPSA) is 75.7 Å². The smallest absolute Gasteiger partial charge is 0.332 e. The Morgan fingerprint density at radius 3 is 2.31 bits per heavy atom. The van der Waals surface area contributed by atoms with E-state index in [1.54, 1.807) is 24.0 Å². The minimum atomic E-state index is -0.941. The fourth-order valence-electron chi connectivity index (χ4n) is 4.04. The second-order valence-corrected chi connectivity index (χ2v) is 7.51. The van der Waals surface area contributed by atoms with Crippen molar-refractivity contribution in [1.82, 2.24) is 10.2 Å². The molecule has 140 valence electrons. The van der Waals surface area contributed by atoms with Gasteiger partial charge in [0, 0.05) is 17.6 Å². The van der Waals surface area contributed by atoms with E-state index in [1.165, 1.54) is 0 Å².